The summed E-state index contributed by atoms with van der Waals surface area (Å²) in [5, 5.41) is 24.0. The Morgan fingerprint density at radius 2 is 2.17 bits per heavy atom. The minimum atomic E-state index is -1.13. The summed E-state index contributed by atoms with van der Waals surface area (Å²) in [6.45, 7) is 4.22. The van der Waals surface area contributed by atoms with Crippen molar-refractivity contribution >= 4 is 11.0 Å². The highest BCUT2D eigenvalue weighted by molar-refractivity contribution is 5.78. The van der Waals surface area contributed by atoms with Crippen LogP contribution in [0.25, 0.3) is 11.0 Å². The van der Waals surface area contributed by atoms with E-state index in [1.54, 1.807) is 13.2 Å². The van der Waals surface area contributed by atoms with Gasteiger partial charge in [-0.1, -0.05) is 13.0 Å². The molecular weight excluding hydrogens is 230 g/mol. The Morgan fingerprint density at radius 1 is 1.39 bits per heavy atom. The molecule has 0 spiro atoms. The van der Waals surface area contributed by atoms with Crippen LogP contribution < -0.4 is 5.32 Å². The number of benzene rings is 1. The van der Waals surface area contributed by atoms with Gasteiger partial charge in [0.1, 0.15) is 11.2 Å². The summed E-state index contributed by atoms with van der Waals surface area (Å²) >= 11 is 0. The van der Waals surface area contributed by atoms with E-state index < -0.39 is 11.6 Å². The van der Waals surface area contributed by atoms with E-state index in [1.165, 1.54) is 0 Å². The van der Waals surface area contributed by atoms with Gasteiger partial charge in [0, 0.05) is 5.39 Å². The van der Waals surface area contributed by atoms with Gasteiger partial charge in [-0.15, -0.1) is 0 Å². The van der Waals surface area contributed by atoms with Gasteiger partial charge >= 0.3 is 0 Å². The van der Waals surface area contributed by atoms with Crippen molar-refractivity contribution in [3.05, 3.63) is 36.1 Å². The van der Waals surface area contributed by atoms with Crippen LogP contribution in [0.15, 0.2) is 34.9 Å². The fourth-order valence-corrected chi connectivity index (χ4v) is 2.17. The largest absolute Gasteiger partial charge is 0.464 e. The highest BCUT2D eigenvalue weighted by atomic mass is 16.3. The Bertz CT molecular complexity index is 518. The highest BCUT2D eigenvalue weighted by Crippen LogP contribution is 2.28. The monoisotopic (exact) mass is 249 g/mol. The molecule has 98 valence electrons. The van der Waals surface area contributed by atoms with Gasteiger partial charge in [-0.2, -0.15) is 0 Å². The van der Waals surface area contributed by atoms with Gasteiger partial charge in [0.05, 0.1) is 18.9 Å². The van der Waals surface area contributed by atoms with E-state index in [0.717, 1.165) is 16.5 Å². The van der Waals surface area contributed by atoms with Gasteiger partial charge in [0.2, 0.25) is 0 Å². The van der Waals surface area contributed by atoms with Crippen LogP contribution in [0.5, 0.6) is 0 Å². The zero-order valence-corrected chi connectivity index (χ0v) is 10.7. The first-order chi connectivity index (χ1) is 8.59. The van der Waals surface area contributed by atoms with Crippen molar-refractivity contribution in [2.75, 3.05) is 13.2 Å². The lowest BCUT2D eigenvalue weighted by Gasteiger charge is -2.32. The second kappa shape index (κ2) is 5.10. The molecule has 18 heavy (non-hydrogen) atoms. The third-order valence-electron chi connectivity index (χ3n) is 3.35. The van der Waals surface area contributed by atoms with Crippen LogP contribution in [0.1, 0.15) is 19.4 Å². The van der Waals surface area contributed by atoms with E-state index in [-0.39, 0.29) is 6.61 Å². The summed E-state index contributed by atoms with van der Waals surface area (Å²) in [5.74, 6) is 0. The van der Waals surface area contributed by atoms with E-state index in [4.69, 9.17) is 4.42 Å². The number of hydrogen-bond acceptors (Lipinski definition) is 4. The van der Waals surface area contributed by atoms with Gasteiger partial charge in [0.15, 0.2) is 0 Å². The number of furan rings is 1. The normalized spacial score (nSPS) is 16.7. The Labute approximate surface area is 106 Å². The Morgan fingerprint density at radius 3 is 2.83 bits per heavy atom. The highest BCUT2D eigenvalue weighted by Gasteiger charge is 2.32. The quantitative estimate of drug-likeness (QED) is 0.753. The molecule has 2 rings (SSSR count). The molecule has 0 aliphatic carbocycles. The van der Waals surface area contributed by atoms with E-state index in [1.807, 2.05) is 31.2 Å². The number of aliphatic hydroxyl groups is 2. The number of nitrogens with one attached hydrogen (secondary N) is 1. The van der Waals surface area contributed by atoms with Crippen molar-refractivity contribution < 1.29 is 14.6 Å². The molecule has 2 aromatic rings. The van der Waals surface area contributed by atoms with Crippen molar-refractivity contribution in [2.24, 2.45) is 0 Å². The number of rotatable bonds is 5. The molecule has 3 N–H and O–H groups in total. The lowest BCUT2D eigenvalue weighted by molar-refractivity contribution is -0.00509. The average Bonchev–Trinajstić information content (AvgIpc) is 2.82. The molecule has 4 nitrogen and oxygen atoms in total. The molecule has 1 aromatic carbocycles. The SMILES string of the molecule is CCNC(CO)C(C)(O)c1ccc2occc2c1. The lowest BCUT2D eigenvalue weighted by atomic mass is 9.88. The molecular formula is C14H19NO3. The third kappa shape index (κ3) is 2.27. The fraction of sp³-hybridized carbons (Fsp3) is 0.429. The van der Waals surface area contributed by atoms with Gasteiger partial charge in [-0.05, 0) is 37.2 Å². The molecule has 0 radical (unpaired) electrons. The Kier molecular flexibility index (Phi) is 3.71. The first-order valence-corrected chi connectivity index (χ1v) is 6.14. The second-order valence-electron chi connectivity index (χ2n) is 4.61. The van der Waals surface area contributed by atoms with Crippen molar-refractivity contribution in [1.29, 1.82) is 0 Å². The molecule has 4 heteroatoms. The van der Waals surface area contributed by atoms with Crippen LogP contribution in [0.2, 0.25) is 0 Å². The first-order valence-electron chi connectivity index (χ1n) is 6.14. The number of fused-ring (bicyclic) bond motifs is 1. The van der Waals surface area contributed by atoms with Crippen molar-refractivity contribution in [2.45, 2.75) is 25.5 Å². The standard InChI is InChI=1S/C14H19NO3/c1-3-15-13(9-16)14(2,17)11-4-5-12-10(8-11)6-7-18-12/h4-8,13,15-17H,3,9H2,1-2H3. The van der Waals surface area contributed by atoms with E-state index in [2.05, 4.69) is 5.32 Å². The van der Waals surface area contributed by atoms with Crippen LogP contribution in [-0.2, 0) is 5.60 Å². The second-order valence-corrected chi connectivity index (χ2v) is 4.61. The van der Waals surface area contributed by atoms with Crippen molar-refractivity contribution in [3.8, 4) is 0 Å². The topological polar surface area (TPSA) is 65.6 Å². The predicted octanol–water partition coefficient (Wildman–Crippen LogP) is 1.61. The van der Waals surface area contributed by atoms with Gasteiger partial charge in [-0.25, -0.2) is 0 Å². The van der Waals surface area contributed by atoms with Crippen molar-refractivity contribution in [1.82, 2.24) is 5.32 Å². The third-order valence-corrected chi connectivity index (χ3v) is 3.35. The predicted molar refractivity (Wildman–Crippen MR) is 70.3 cm³/mol. The van der Waals surface area contributed by atoms with E-state index in [0.29, 0.717) is 6.54 Å². The van der Waals surface area contributed by atoms with Crippen molar-refractivity contribution in [3.63, 3.8) is 0 Å². The fourth-order valence-electron chi connectivity index (χ4n) is 2.17. The molecule has 1 aromatic heterocycles. The maximum absolute atomic E-state index is 10.6. The molecule has 0 fully saturated rings. The Hall–Kier alpha value is -1.36. The van der Waals surface area contributed by atoms with Gasteiger partial charge < -0.3 is 19.9 Å². The maximum Gasteiger partial charge on any atom is 0.133 e. The summed E-state index contributed by atoms with van der Waals surface area (Å²) in [7, 11) is 0. The summed E-state index contributed by atoms with van der Waals surface area (Å²) in [6.07, 6.45) is 1.62. The van der Waals surface area contributed by atoms with E-state index in [9.17, 15) is 10.2 Å². The van der Waals surface area contributed by atoms with Crippen LogP contribution in [0, 0.1) is 0 Å². The smallest absolute Gasteiger partial charge is 0.133 e. The minimum Gasteiger partial charge on any atom is -0.464 e. The molecule has 2 atom stereocenters. The molecule has 0 amide bonds. The minimum absolute atomic E-state index is 0.121. The summed E-state index contributed by atoms with van der Waals surface area (Å²) in [4.78, 5) is 0. The molecule has 0 aliphatic heterocycles. The summed E-state index contributed by atoms with van der Waals surface area (Å²) < 4.78 is 5.27. The number of hydrogen-bond donors (Lipinski definition) is 3. The van der Waals surface area contributed by atoms with Crippen LogP contribution in [-0.4, -0.2) is 29.4 Å². The van der Waals surface area contributed by atoms with E-state index >= 15 is 0 Å². The summed E-state index contributed by atoms with van der Waals surface area (Å²) in [6, 6.07) is 7.01. The molecule has 1 heterocycles. The van der Waals surface area contributed by atoms with Gasteiger partial charge in [-0.3, -0.25) is 0 Å². The lowest BCUT2D eigenvalue weighted by Crippen LogP contribution is -2.49. The molecule has 0 saturated heterocycles. The zero-order valence-electron chi connectivity index (χ0n) is 10.7. The molecule has 0 bridgehead atoms. The molecule has 0 saturated carbocycles. The number of aliphatic hydroxyl groups excluding tert-OH is 1. The summed E-state index contributed by atoms with van der Waals surface area (Å²) in [5.41, 5.74) is 0.422. The number of likely N-dealkylation sites (N-methyl/N-ethyl adjacent to an activating group) is 1. The Balaban J connectivity index is 2.37. The average molecular weight is 249 g/mol. The van der Waals surface area contributed by atoms with Crippen LogP contribution >= 0.6 is 0 Å². The van der Waals surface area contributed by atoms with Gasteiger partial charge in [0.25, 0.3) is 0 Å². The molecule has 0 aliphatic rings. The molecule has 2 unspecified atom stereocenters. The van der Waals surface area contributed by atoms with Crippen LogP contribution in [0.3, 0.4) is 0 Å². The maximum atomic E-state index is 10.6. The van der Waals surface area contributed by atoms with Crippen LogP contribution in [0.4, 0.5) is 0 Å². The first kappa shape index (κ1) is 13.1. The zero-order chi connectivity index (χ0) is 13.2.